The fourth-order valence-electron chi connectivity index (χ4n) is 1.21. The zero-order chi connectivity index (χ0) is 11.5. The van der Waals surface area contributed by atoms with E-state index in [2.05, 4.69) is 0 Å². The van der Waals surface area contributed by atoms with Gasteiger partial charge in [-0.15, -0.1) is 0 Å². The van der Waals surface area contributed by atoms with Crippen molar-refractivity contribution in [2.75, 3.05) is 20.8 Å². The van der Waals surface area contributed by atoms with Crippen LogP contribution in [0, 0.1) is 0 Å². The molecule has 0 aromatic heterocycles. The fraction of sp³-hybridized carbons (Fsp3) is 0.900. The second-order valence-corrected chi connectivity index (χ2v) is 5.32. The van der Waals surface area contributed by atoms with Crippen LogP contribution >= 0.6 is 0 Å². The molecule has 0 aromatic rings. The van der Waals surface area contributed by atoms with Gasteiger partial charge in [0.2, 0.25) is 0 Å². The Kier molecular flexibility index (Phi) is 9.87. The standard InChI is InChI=1S/C10H22O4Si/c1-4-6-9(11)14-7-5-8-15-10(12-2)13-3/h10H,4-8,15H2,1-3H3. The maximum absolute atomic E-state index is 11.0. The molecule has 0 aliphatic rings. The molecule has 0 heterocycles. The van der Waals surface area contributed by atoms with E-state index in [9.17, 15) is 4.79 Å². The molecule has 0 aliphatic carbocycles. The molecule has 90 valence electrons. The molecule has 0 N–H and O–H groups in total. The van der Waals surface area contributed by atoms with E-state index < -0.39 is 0 Å². The number of ether oxygens (including phenoxy) is 3. The van der Waals surface area contributed by atoms with Gasteiger partial charge in [0.15, 0.2) is 0 Å². The van der Waals surface area contributed by atoms with E-state index in [-0.39, 0.29) is 21.4 Å². The monoisotopic (exact) mass is 234 g/mol. The summed E-state index contributed by atoms with van der Waals surface area (Å²) in [6.07, 6.45) is 2.30. The molecule has 0 bridgehead atoms. The van der Waals surface area contributed by atoms with Crippen LogP contribution in [0.15, 0.2) is 0 Å². The van der Waals surface area contributed by atoms with Gasteiger partial charge >= 0.3 is 5.97 Å². The summed E-state index contributed by atoms with van der Waals surface area (Å²) < 4.78 is 15.2. The van der Waals surface area contributed by atoms with Gasteiger partial charge in [0.25, 0.3) is 0 Å². The highest BCUT2D eigenvalue weighted by Crippen LogP contribution is 1.98. The first-order valence-electron chi connectivity index (χ1n) is 5.45. The third-order valence-corrected chi connectivity index (χ3v) is 4.12. The van der Waals surface area contributed by atoms with Crippen molar-refractivity contribution < 1.29 is 19.0 Å². The smallest absolute Gasteiger partial charge is 0.305 e. The van der Waals surface area contributed by atoms with Crippen LogP contribution in [0.25, 0.3) is 0 Å². The molecule has 0 saturated heterocycles. The number of methoxy groups -OCH3 is 2. The third kappa shape index (κ3) is 8.59. The van der Waals surface area contributed by atoms with Crippen molar-refractivity contribution in [1.82, 2.24) is 0 Å². The molecule has 0 spiro atoms. The fourth-order valence-corrected chi connectivity index (χ4v) is 2.50. The Morgan fingerprint density at radius 3 is 2.53 bits per heavy atom. The number of carbonyl (C=O) groups is 1. The van der Waals surface area contributed by atoms with Crippen molar-refractivity contribution >= 4 is 15.5 Å². The van der Waals surface area contributed by atoms with Crippen molar-refractivity contribution in [3.63, 3.8) is 0 Å². The Balaban J connectivity index is 3.27. The van der Waals surface area contributed by atoms with Crippen molar-refractivity contribution in [2.24, 2.45) is 0 Å². The zero-order valence-electron chi connectivity index (χ0n) is 9.95. The lowest BCUT2D eigenvalue weighted by Crippen LogP contribution is -2.21. The molecule has 4 nitrogen and oxygen atoms in total. The summed E-state index contributed by atoms with van der Waals surface area (Å²) in [4.78, 5) is 11.0. The topological polar surface area (TPSA) is 44.8 Å². The van der Waals surface area contributed by atoms with Crippen molar-refractivity contribution in [2.45, 2.75) is 38.1 Å². The lowest BCUT2D eigenvalue weighted by molar-refractivity contribution is -0.143. The normalized spacial score (nSPS) is 11.5. The van der Waals surface area contributed by atoms with Crippen LogP contribution in [-0.4, -0.2) is 42.2 Å². The second-order valence-electron chi connectivity index (χ2n) is 3.37. The van der Waals surface area contributed by atoms with E-state index in [0.717, 1.165) is 18.9 Å². The second kappa shape index (κ2) is 10.1. The molecule has 0 saturated carbocycles. The Morgan fingerprint density at radius 1 is 1.33 bits per heavy atom. The SMILES string of the molecule is CCCC(=O)OCCC[SiH2]C(OC)OC. The van der Waals surface area contributed by atoms with Crippen LogP contribution in [0.1, 0.15) is 26.2 Å². The summed E-state index contributed by atoms with van der Waals surface area (Å²) >= 11 is 0. The minimum absolute atomic E-state index is 0.00339. The lowest BCUT2D eigenvalue weighted by Gasteiger charge is -2.12. The van der Waals surface area contributed by atoms with E-state index >= 15 is 0 Å². The van der Waals surface area contributed by atoms with Crippen LogP contribution in [0.2, 0.25) is 6.04 Å². The Hall–Kier alpha value is -0.393. The van der Waals surface area contributed by atoms with E-state index in [0.29, 0.717) is 13.0 Å². The quantitative estimate of drug-likeness (QED) is 0.257. The summed E-state index contributed by atoms with van der Waals surface area (Å²) in [5, 5.41) is 0. The molecule has 5 heteroatoms. The third-order valence-electron chi connectivity index (χ3n) is 2.08. The number of hydrogen-bond acceptors (Lipinski definition) is 4. The molecular weight excluding hydrogens is 212 g/mol. The van der Waals surface area contributed by atoms with Crippen LogP contribution in [0.5, 0.6) is 0 Å². The Labute approximate surface area is 94.1 Å². The van der Waals surface area contributed by atoms with Gasteiger partial charge < -0.3 is 14.2 Å². The van der Waals surface area contributed by atoms with Gasteiger partial charge in [-0.1, -0.05) is 13.0 Å². The van der Waals surface area contributed by atoms with E-state index in [1.807, 2.05) is 6.92 Å². The summed E-state index contributed by atoms with van der Waals surface area (Å²) in [6, 6.07) is 1.08. The highest BCUT2D eigenvalue weighted by molar-refractivity contribution is 6.36. The summed E-state index contributed by atoms with van der Waals surface area (Å²) in [6.45, 7) is 2.50. The van der Waals surface area contributed by atoms with Crippen molar-refractivity contribution in [3.8, 4) is 0 Å². The highest BCUT2D eigenvalue weighted by Gasteiger charge is 2.05. The molecule has 0 aromatic carbocycles. The van der Waals surface area contributed by atoms with Gasteiger partial charge in [0.1, 0.15) is 5.91 Å². The average molecular weight is 234 g/mol. The van der Waals surface area contributed by atoms with Gasteiger partial charge in [0, 0.05) is 20.6 Å². The molecule has 0 radical (unpaired) electrons. The van der Waals surface area contributed by atoms with Gasteiger partial charge in [0.05, 0.1) is 16.1 Å². The van der Waals surface area contributed by atoms with E-state index in [4.69, 9.17) is 14.2 Å². The lowest BCUT2D eigenvalue weighted by atomic mass is 10.3. The maximum atomic E-state index is 11.0. The van der Waals surface area contributed by atoms with Crippen molar-refractivity contribution in [3.05, 3.63) is 0 Å². The van der Waals surface area contributed by atoms with Crippen LogP contribution < -0.4 is 0 Å². The molecule has 0 unspecified atom stereocenters. The molecule has 0 amide bonds. The number of esters is 1. The van der Waals surface area contributed by atoms with Crippen LogP contribution in [0.4, 0.5) is 0 Å². The molecule has 0 fully saturated rings. The number of hydrogen-bond donors (Lipinski definition) is 0. The summed E-state index contributed by atoms with van der Waals surface area (Å²) in [5.74, 6) is -0.0921. The molecule has 0 aliphatic heterocycles. The van der Waals surface area contributed by atoms with Crippen molar-refractivity contribution in [1.29, 1.82) is 0 Å². The van der Waals surface area contributed by atoms with Gasteiger partial charge in [-0.05, 0) is 12.8 Å². The zero-order valence-corrected chi connectivity index (χ0v) is 11.4. The van der Waals surface area contributed by atoms with E-state index in [1.54, 1.807) is 14.2 Å². The minimum Gasteiger partial charge on any atom is -0.466 e. The van der Waals surface area contributed by atoms with E-state index in [1.165, 1.54) is 0 Å². The predicted octanol–water partition coefficient (Wildman–Crippen LogP) is 0.883. The van der Waals surface area contributed by atoms with Gasteiger partial charge in [-0.25, -0.2) is 0 Å². The molecule has 0 atom stereocenters. The molecular formula is C10H22O4Si. The Bertz CT molecular complexity index is 160. The first-order valence-corrected chi connectivity index (χ1v) is 7.27. The largest absolute Gasteiger partial charge is 0.466 e. The summed E-state index contributed by atoms with van der Waals surface area (Å²) in [7, 11) is 2.94. The first-order chi connectivity index (χ1) is 7.24. The molecule has 0 rings (SSSR count). The average Bonchev–Trinajstić information content (AvgIpc) is 2.24. The van der Waals surface area contributed by atoms with Gasteiger partial charge in [-0.2, -0.15) is 0 Å². The summed E-state index contributed by atoms with van der Waals surface area (Å²) in [5.41, 5.74) is 0. The number of carbonyl (C=O) groups excluding carboxylic acids is 1. The Morgan fingerprint density at radius 2 is 2.00 bits per heavy atom. The highest BCUT2D eigenvalue weighted by atomic mass is 28.2. The van der Waals surface area contributed by atoms with Crippen LogP contribution in [0.3, 0.4) is 0 Å². The van der Waals surface area contributed by atoms with Crippen LogP contribution in [-0.2, 0) is 19.0 Å². The minimum atomic E-state index is -0.367. The maximum Gasteiger partial charge on any atom is 0.305 e. The number of rotatable bonds is 9. The first kappa shape index (κ1) is 14.6. The predicted molar refractivity (Wildman–Crippen MR) is 61.6 cm³/mol. The van der Waals surface area contributed by atoms with Gasteiger partial charge in [-0.3, -0.25) is 4.79 Å². The molecule has 15 heavy (non-hydrogen) atoms.